The zero-order chi connectivity index (χ0) is 16.4. The maximum Gasteiger partial charge on any atom is 0.254 e. The van der Waals surface area contributed by atoms with Gasteiger partial charge in [0.2, 0.25) is 0 Å². The molecular formula is C18H20ClN3O. The third-order valence-corrected chi connectivity index (χ3v) is 4.32. The number of halogens is 1. The number of amides is 1. The summed E-state index contributed by atoms with van der Waals surface area (Å²) in [5.41, 5.74) is 2.62. The van der Waals surface area contributed by atoms with Crippen LogP contribution in [0.2, 0.25) is 5.02 Å². The van der Waals surface area contributed by atoms with Gasteiger partial charge in [-0.1, -0.05) is 23.8 Å². The highest BCUT2D eigenvalue weighted by molar-refractivity contribution is 6.31. The van der Waals surface area contributed by atoms with Gasteiger partial charge in [0.15, 0.2) is 0 Å². The van der Waals surface area contributed by atoms with E-state index in [-0.39, 0.29) is 5.91 Å². The average Bonchev–Trinajstić information content (AvgIpc) is 2.54. The topological polar surface area (TPSA) is 36.4 Å². The molecule has 1 aliphatic heterocycles. The van der Waals surface area contributed by atoms with Crippen molar-refractivity contribution in [1.82, 2.24) is 14.8 Å². The van der Waals surface area contributed by atoms with Crippen LogP contribution in [0.3, 0.4) is 0 Å². The van der Waals surface area contributed by atoms with Crippen molar-refractivity contribution in [2.24, 2.45) is 0 Å². The fraction of sp³-hybridized carbons (Fsp3) is 0.333. The lowest BCUT2D eigenvalue weighted by Crippen LogP contribution is -2.49. The quantitative estimate of drug-likeness (QED) is 0.811. The third-order valence-electron chi connectivity index (χ3n) is 4.09. The van der Waals surface area contributed by atoms with E-state index in [9.17, 15) is 4.79 Å². The predicted octanol–water partition coefficient (Wildman–Crippen LogP) is 3.22. The standard InChI is InChI=1S/C18H20ClN3O/c1-13(2)12-21-7-9-22(10-8-21)18(23)15-5-6-20-17-4-3-14(19)11-16(15)17/h3-6,11H,1,7-10,12H2,2H3. The molecule has 1 fully saturated rings. The first-order valence-corrected chi connectivity index (χ1v) is 8.12. The second kappa shape index (κ2) is 6.69. The number of piperazine rings is 1. The molecule has 1 aromatic heterocycles. The summed E-state index contributed by atoms with van der Waals surface area (Å²) >= 11 is 6.08. The van der Waals surface area contributed by atoms with Gasteiger partial charge in [-0.25, -0.2) is 0 Å². The van der Waals surface area contributed by atoms with E-state index in [1.54, 1.807) is 18.3 Å². The molecule has 23 heavy (non-hydrogen) atoms. The highest BCUT2D eigenvalue weighted by Gasteiger charge is 2.23. The fourth-order valence-electron chi connectivity index (χ4n) is 2.97. The maximum atomic E-state index is 12.9. The van der Waals surface area contributed by atoms with Gasteiger partial charge in [-0.15, -0.1) is 0 Å². The fourth-order valence-corrected chi connectivity index (χ4v) is 3.14. The number of fused-ring (bicyclic) bond motifs is 1. The Hall–Kier alpha value is -1.91. The Balaban J connectivity index is 1.79. The second-order valence-corrected chi connectivity index (χ2v) is 6.48. The predicted molar refractivity (Wildman–Crippen MR) is 93.9 cm³/mol. The van der Waals surface area contributed by atoms with Crippen LogP contribution < -0.4 is 0 Å². The minimum atomic E-state index is 0.0506. The SMILES string of the molecule is C=C(C)CN1CCN(C(=O)c2ccnc3ccc(Cl)cc23)CC1. The molecule has 0 radical (unpaired) electrons. The molecule has 120 valence electrons. The molecule has 0 bridgehead atoms. The van der Waals surface area contributed by atoms with E-state index in [0.29, 0.717) is 10.6 Å². The summed E-state index contributed by atoms with van der Waals surface area (Å²) in [6.45, 7) is 10.1. The molecule has 4 nitrogen and oxygen atoms in total. The molecular weight excluding hydrogens is 310 g/mol. The largest absolute Gasteiger partial charge is 0.336 e. The smallest absolute Gasteiger partial charge is 0.254 e. The van der Waals surface area contributed by atoms with Crippen LogP contribution in [0.5, 0.6) is 0 Å². The van der Waals surface area contributed by atoms with Crippen molar-refractivity contribution < 1.29 is 4.79 Å². The Morgan fingerprint density at radius 2 is 2.00 bits per heavy atom. The summed E-state index contributed by atoms with van der Waals surface area (Å²) in [4.78, 5) is 21.4. The molecule has 0 N–H and O–H groups in total. The number of carbonyl (C=O) groups excluding carboxylic acids is 1. The lowest BCUT2D eigenvalue weighted by atomic mass is 10.1. The van der Waals surface area contributed by atoms with Crippen molar-refractivity contribution in [1.29, 1.82) is 0 Å². The summed E-state index contributed by atoms with van der Waals surface area (Å²) in [7, 11) is 0. The van der Waals surface area contributed by atoms with Crippen LogP contribution in [0.15, 0.2) is 42.6 Å². The van der Waals surface area contributed by atoms with Gasteiger partial charge < -0.3 is 4.90 Å². The van der Waals surface area contributed by atoms with Crippen LogP contribution in [0, 0.1) is 0 Å². The van der Waals surface area contributed by atoms with E-state index in [1.807, 2.05) is 24.0 Å². The number of pyridine rings is 1. The van der Waals surface area contributed by atoms with E-state index in [2.05, 4.69) is 16.5 Å². The van der Waals surface area contributed by atoms with Crippen molar-refractivity contribution >= 4 is 28.4 Å². The lowest BCUT2D eigenvalue weighted by Gasteiger charge is -2.35. The number of nitrogens with zero attached hydrogens (tertiary/aromatic N) is 3. The Kier molecular flexibility index (Phi) is 4.64. The van der Waals surface area contributed by atoms with E-state index in [4.69, 9.17) is 11.6 Å². The monoisotopic (exact) mass is 329 g/mol. The molecule has 1 aromatic carbocycles. The van der Waals surface area contributed by atoms with Crippen molar-refractivity contribution in [2.45, 2.75) is 6.92 Å². The number of aromatic nitrogens is 1. The Bertz CT molecular complexity index is 751. The number of benzene rings is 1. The zero-order valence-electron chi connectivity index (χ0n) is 13.3. The molecule has 2 aromatic rings. The number of carbonyl (C=O) groups is 1. The first-order chi connectivity index (χ1) is 11.0. The van der Waals surface area contributed by atoms with Gasteiger partial charge >= 0.3 is 0 Å². The van der Waals surface area contributed by atoms with Crippen LogP contribution in [-0.2, 0) is 0 Å². The normalized spacial score (nSPS) is 15.8. The average molecular weight is 330 g/mol. The van der Waals surface area contributed by atoms with E-state index in [1.165, 1.54) is 0 Å². The van der Waals surface area contributed by atoms with Crippen LogP contribution in [-0.4, -0.2) is 53.4 Å². The molecule has 0 unspecified atom stereocenters. The van der Waals surface area contributed by atoms with Gasteiger partial charge in [0.05, 0.1) is 11.1 Å². The van der Waals surface area contributed by atoms with Crippen molar-refractivity contribution in [2.75, 3.05) is 32.7 Å². The van der Waals surface area contributed by atoms with Gasteiger partial charge in [0.25, 0.3) is 5.91 Å². The Labute approximate surface area is 141 Å². The molecule has 1 aliphatic rings. The summed E-state index contributed by atoms with van der Waals surface area (Å²) in [5.74, 6) is 0.0506. The molecule has 0 atom stereocenters. The van der Waals surface area contributed by atoms with Gasteiger partial charge in [-0.3, -0.25) is 14.7 Å². The van der Waals surface area contributed by atoms with Gasteiger partial charge in [-0.2, -0.15) is 0 Å². The molecule has 0 aliphatic carbocycles. The van der Waals surface area contributed by atoms with Crippen molar-refractivity contribution in [3.05, 3.63) is 53.2 Å². The molecule has 3 rings (SSSR count). The molecule has 0 saturated carbocycles. The van der Waals surface area contributed by atoms with Crippen molar-refractivity contribution in [3.63, 3.8) is 0 Å². The van der Waals surface area contributed by atoms with Crippen LogP contribution >= 0.6 is 11.6 Å². The van der Waals surface area contributed by atoms with Gasteiger partial charge in [-0.05, 0) is 31.2 Å². The van der Waals surface area contributed by atoms with Gasteiger partial charge in [0.1, 0.15) is 0 Å². The number of hydrogen-bond donors (Lipinski definition) is 0. The highest BCUT2D eigenvalue weighted by Crippen LogP contribution is 2.22. The zero-order valence-corrected chi connectivity index (χ0v) is 14.0. The minimum absolute atomic E-state index is 0.0506. The first-order valence-electron chi connectivity index (χ1n) is 7.75. The van der Waals surface area contributed by atoms with E-state index >= 15 is 0 Å². The summed E-state index contributed by atoms with van der Waals surface area (Å²) in [6, 6.07) is 7.23. The molecule has 2 heterocycles. The number of hydrogen-bond acceptors (Lipinski definition) is 3. The summed E-state index contributed by atoms with van der Waals surface area (Å²) < 4.78 is 0. The molecule has 5 heteroatoms. The second-order valence-electron chi connectivity index (χ2n) is 6.05. The molecule has 1 saturated heterocycles. The van der Waals surface area contributed by atoms with E-state index in [0.717, 1.165) is 49.2 Å². The molecule has 0 spiro atoms. The Morgan fingerprint density at radius 1 is 1.26 bits per heavy atom. The Morgan fingerprint density at radius 3 is 2.70 bits per heavy atom. The lowest BCUT2D eigenvalue weighted by molar-refractivity contribution is 0.0650. The van der Waals surface area contributed by atoms with Crippen LogP contribution in [0.1, 0.15) is 17.3 Å². The summed E-state index contributed by atoms with van der Waals surface area (Å²) in [5, 5.41) is 1.43. The van der Waals surface area contributed by atoms with Gasteiger partial charge in [0, 0.05) is 49.3 Å². The minimum Gasteiger partial charge on any atom is -0.336 e. The highest BCUT2D eigenvalue weighted by atomic mass is 35.5. The maximum absolute atomic E-state index is 12.9. The van der Waals surface area contributed by atoms with Crippen LogP contribution in [0.25, 0.3) is 10.9 Å². The number of rotatable bonds is 3. The summed E-state index contributed by atoms with van der Waals surface area (Å²) in [6.07, 6.45) is 1.68. The first kappa shape index (κ1) is 16.0. The van der Waals surface area contributed by atoms with Crippen molar-refractivity contribution in [3.8, 4) is 0 Å². The van der Waals surface area contributed by atoms with E-state index < -0.39 is 0 Å². The molecule has 1 amide bonds. The third kappa shape index (κ3) is 3.54. The van der Waals surface area contributed by atoms with Crippen LogP contribution in [0.4, 0.5) is 0 Å².